The van der Waals surface area contributed by atoms with Gasteiger partial charge in [-0.25, -0.2) is 4.39 Å². The number of carbonyl (C=O) groups is 3. The van der Waals surface area contributed by atoms with Crippen LogP contribution in [0.3, 0.4) is 0 Å². The van der Waals surface area contributed by atoms with E-state index in [2.05, 4.69) is 20.1 Å². The minimum absolute atomic E-state index is 0.0199. The fraction of sp³-hybridized carbons (Fsp3) is 0.167. The average Bonchev–Trinajstić information content (AvgIpc) is 2.66. The van der Waals surface area contributed by atoms with Gasteiger partial charge in [0.2, 0.25) is 0 Å². The van der Waals surface area contributed by atoms with Crippen molar-refractivity contribution < 1.29 is 37.0 Å². The van der Waals surface area contributed by atoms with Crippen molar-refractivity contribution in [2.45, 2.75) is 6.61 Å². The van der Waals surface area contributed by atoms with Gasteiger partial charge in [-0.3, -0.25) is 14.4 Å². The highest BCUT2D eigenvalue weighted by Gasteiger charge is 2.14. The number of alkyl halides is 2. The number of carbonyl (C=O) groups excluding carboxylic acids is 3. The van der Waals surface area contributed by atoms with E-state index in [1.807, 2.05) is 0 Å². The molecule has 2 aromatic carbocycles. The highest BCUT2D eigenvalue weighted by Crippen LogP contribution is 2.25. The molecule has 0 heterocycles. The molecule has 0 spiro atoms. The normalized spacial score (nSPS) is 10.3. The van der Waals surface area contributed by atoms with Gasteiger partial charge in [0.1, 0.15) is 18.1 Å². The summed E-state index contributed by atoms with van der Waals surface area (Å²) < 4.78 is 46.4. The number of hydrogen-bond donors (Lipinski definition) is 2. The number of rotatable bonds is 8. The minimum Gasteiger partial charge on any atom is -0.454 e. The molecular weight excluding hydrogens is 381 g/mol. The lowest BCUT2D eigenvalue weighted by atomic mass is 10.2. The molecule has 28 heavy (non-hydrogen) atoms. The summed E-state index contributed by atoms with van der Waals surface area (Å²) in [7, 11) is 0. The van der Waals surface area contributed by atoms with Crippen LogP contribution in [0, 0.1) is 5.82 Å². The molecule has 7 nitrogen and oxygen atoms in total. The summed E-state index contributed by atoms with van der Waals surface area (Å²) in [6, 6.07) is 10.2. The van der Waals surface area contributed by atoms with Crippen molar-refractivity contribution in [2.75, 3.05) is 18.5 Å². The van der Waals surface area contributed by atoms with E-state index in [1.54, 1.807) is 0 Å². The summed E-state index contributed by atoms with van der Waals surface area (Å²) in [4.78, 5) is 35.2. The second-order valence-electron chi connectivity index (χ2n) is 5.27. The number of nitrogens with one attached hydrogen (secondary N) is 2. The Bertz CT molecular complexity index is 843. The Kier molecular flexibility index (Phi) is 7.37. The Hall–Kier alpha value is -3.56. The van der Waals surface area contributed by atoms with Gasteiger partial charge in [0.05, 0.1) is 5.69 Å². The summed E-state index contributed by atoms with van der Waals surface area (Å²) >= 11 is 0. The third kappa shape index (κ3) is 6.63. The first kappa shape index (κ1) is 20.7. The minimum atomic E-state index is -3.07. The molecule has 2 aromatic rings. The van der Waals surface area contributed by atoms with Crippen LogP contribution in [0.1, 0.15) is 10.4 Å². The first-order valence-electron chi connectivity index (χ1n) is 7.88. The fourth-order valence-corrected chi connectivity index (χ4v) is 2.01. The van der Waals surface area contributed by atoms with E-state index in [1.165, 1.54) is 36.4 Å². The van der Waals surface area contributed by atoms with Crippen LogP contribution < -0.4 is 15.4 Å². The van der Waals surface area contributed by atoms with Crippen molar-refractivity contribution >= 4 is 23.5 Å². The largest absolute Gasteiger partial charge is 0.454 e. The molecule has 0 saturated carbocycles. The predicted molar refractivity (Wildman–Crippen MR) is 91.4 cm³/mol. The molecule has 0 saturated heterocycles. The van der Waals surface area contributed by atoms with Gasteiger partial charge in [-0.2, -0.15) is 8.78 Å². The summed E-state index contributed by atoms with van der Waals surface area (Å²) in [5.74, 6) is -3.07. The lowest BCUT2D eigenvalue weighted by Gasteiger charge is -2.12. The first-order chi connectivity index (χ1) is 13.3. The van der Waals surface area contributed by atoms with Gasteiger partial charge in [0.25, 0.3) is 11.8 Å². The van der Waals surface area contributed by atoms with Crippen LogP contribution in [0.4, 0.5) is 18.9 Å². The summed E-state index contributed by atoms with van der Waals surface area (Å²) in [6.07, 6.45) is 0. The number of para-hydroxylation sites is 2. The molecule has 0 radical (unpaired) electrons. The maximum Gasteiger partial charge on any atom is 0.387 e. The van der Waals surface area contributed by atoms with Gasteiger partial charge in [-0.05, 0) is 36.4 Å². The summed E-state index contributed by atoms with van der Waals surface area (Å²) in [5, 5.41) is 4.52. The van der Waals surface area contributed by atoms with Crippen molar-refractivity contribution in [3.8, 4) is 5.75 Å². The standard InChI is InChI=1S/C18H15F3N2O5/c19-12-7-5-11(6-8-12)17(26)22-9-16(25)27-10-15(24)23-13-3-1-2-4-14(13)28-18(20)21/h1-8,18H,9-10H2,(H,22,26)(H,23,24). The highest BCUT2D eigenvalue weighted by molar-refractivity contribution is 5.96. The molecule has 0 unspecified atom stereocenters. The Morgan fingerprint density at radius 3 is 2.36 bits per heavy atom. The van der Waals surface area contributed by atoms with Crippen LogP contribution in [0.15, 0.2) is 48.5 Å². The summed E-state index contributed by atoms with van der Waals surface area (Å²) in [5.41, 5.74) is 0.121. The van der Waals surface area contributed by atoms with E-state index in [9.17, 15) is 27.6 Å². The van der Waals surface area contributed by atoms with E-state index < -0.39 is 43.4 Å². The lowest BCUT2D eigenvalue weighted by Crippen LogP contribution is -2.32. The quantitative estimate of drug-likeness (QED) is 0.668. The van der Waals surface area contributed by atoms with Crippen molar-refractivity contribution in [3.63, 3.8) is 0 Å². The number of benzene rings is 2. The zero-order valence-electron chi connectivity index (χ0n) is 14.3. The molecule has 2 N–H and O–H groups in total. The van der Waals surface area contributed by atoms with Gasteiger partial charge >= 0.3 is 12.6 Å². The third-order valence-corrected chi connectivity index (χ3v) is 3.24. The molecule has 0 aliphatic rings. The lowest BCUT2D eigenvalue weighted by molar-refractivity contribution is -0.146. The first-order valence-corrected chi connectivity index (χ1v) is 7.88. The Morgan fingerprint density at radius 1 is 1.00 bits per heavy atom. The Labute approximate surface area is 157 Å². The van der Waals surface area contributed by atoms with Crippen LogP contribution in [0.25, 0.3) is 0 Å². The molecule has 0 bridgehead atoms. The van der Waals surface area contributed by atoms with Crippen LogP contribution >= 0.6 is 0 Å². The SMILES string of the molecule is O=C(COC(=O)CNC(=O)c1ccc(F)cc1)Nc1ccccc1OC(F)F. The van der Waals surface area contributed by atoms with Crippen LogP contribution in [-0.2, 0) is 14.3 Å². The molecule has 10 heteroatoms. The summed E-state index contributed by atoms with van der Waals surface area (Å²) in [6.45, 7) is -4.29. The fourth-order valence-electron chi connectivity index (χ4n) is 2.01. The molecule has 0 aromatic heterocycles. The van der Waals surface area contributed by atoms with Gasteiger partial charge in [-0.1, -0.05) is 12.1 Å². The Balaban J connectivity index is 1.77. The number of anilines is 1. The van der Waals surface area contributed by atoms with E-state index in [-0.39, 0.29) is 17.0 Å². The second kappa shape index (κ2) is 9.95. The monoisotopic (exact) mass is 396 g/mol. The maximum atomic E-state index is 12.8. The number of amides is 2. The number of halogens is 3. The molecule has 2 rings (SSSR count). The van der Waals surface area contributed by atoms with Crippen LogP contribution in [-0.4, -0.2) is 37.5 Å². The molecule has 0 atom stereocenters. The van der Waals surface area contributed by atoms with Crippen molar-refractivity contribution in [1.82, 2.24) is 5.32 Å². The molecule has 2 amide bonds. The predicted octanol–water partition coefficient (Wildman–Crippen LogP) is 2.34. The smallest absolute Gasteiger partial charge is 0.387 e. The topological polar surface area (TPSA) is 93.7 Å². The van der Waals surface area contributed by atoms with Crippen molar-refractivity contribution in [2.24, 2.45) is 0 Å². The van der Waals surface area contributed by atoms with Gasteiger partial charge < -0.3 is 20.1 Å². The van der Waals surface area contributed by atoms with Crippen molar-refractivity contribution in [1.29, 1.82) is 0 Å². The zero-order chi connectivity index (χ0) is 20.5. The van der Waals surface area contributed by atoms with Gasteiger partial charge in [-0.15, -0.1) is 0 Å². The molecule has 0 fully saturated rings. The third-order valence-electron chi connectivity index (χ3n) is 3.24. The molecule has 0 aliphatic carbocycles. The average molecular weight is 396 g/mol. The van der Waals surface area contributed by atoms with Crippen LogP contribution in [0.2, 0.25) is 0 Å². The molecular formula is C18H15F3N2O5. The van der Waals surface area contributed by atoms with Gasteiger partial charge in [0.15, 0.2) is 6.61 Å². The van der Waals surface area contributed by atoms with Gasteiger partial charge in [0, 0.05) is 5.56 Å². The Morgan fingerprint density at radius 2 is 1.68 bits per heavy atom. The van der Waals surface area contributed by atoms with E-state index in [0.29, 0.717) is 0 Å². The van der Waals surface area contributed by atoms with E-state index in [0.717, 1.165) is 12.1 Å². The van der Waals surface area contributed by atoms with E-state index in [4.69, 9.17) is 0 Å². The second-order valence-corrected chi connectivity index (χ2v) is 5.27. The van der Waals surface area contributed by atoms with Crippen LogP contribution in [0.5, 0.6) is 5.75 Å². The molecule has 0 aliphatic heterocycles. The maximum absolute atomic E-state index is 12.8. The van der Waals surface area contributed by atoms with Crippen molar-refractivity contribution in [3.05, 3.63) is 59.9 Å². The molecule has 148 valence electrons. The number of hydrogen-bond acceptors (Lipinski definition) is 5. The van der Waals surface area contributed by atoms with E-state index >= 15 is 0 Å². The zero-order valence-corrected chi connectivity index (χ0v) is 14.3. The highest BCUT2D eigenvalue weighted by atomic mass is 19.3. The number of esters is 1. The number of ether oxygens (including phenoxy) is 2.